The molecule has 3 amide bonds. The summed E-state index contributed by atoms with van der Waals surface area (Å²) in [4.78, 5) is 27.1. The molecule has 144 valence electrons. The number of halogens is 1. The van der Waals surface area contributed by atoms with E-state index in [9.17, 15) is 9.59 Å². The Morgan fingerprint density at radius 1 is 1.19 bits per heavy atom. The van der Waals surface area contributed by atoms with Gasteiger partial charge in [0.15, 0.2) is 5.76 Å². The molecule has 27 heavy (non-hydrogen) atoms. The first-order valence-electron chi connectivity index (χ1n) is 8.87. The van der Waals surface area contributed by atoms with Crippen molar-refractivity contribution in [3.05, 3.63) is 53.4 Å². The highest BCUT2D eigenvalue weighted by atomic mass is 35.5. The SMILES string of the molecule is O=C(NCCSc1ccc(Cl)cc1)NC1CCN(C(=O)c2ccco2)CC1. The number of nitrogens with one attached hydrogen (secondary N) is 2. The summed E-state index contributed by atoms with van der Waals surface area (Å²) in [5.74, 6) is 1.05. The molecule has 1 aliphatic heterocycles. The Morgan fingerprint density at radius 3 is 2.59 bits per heavy atom. The van der Waals surface area contributed by atoms with Crippen molar-refractivity contribution in [3.63, 3.8) is 0 Å². The van der Waals surface area contributed by atoms with Gasteiger partial charge in [-0.25, -0.2) is 4.79 Å². The lowest BCUT2D eigenvalue weighted by Gasteiger charge is -2.31. The third-order valence-corrected chi connectivity index (χ3v) is 5.59. The molecule has 0 aliphatic carbocycles. The zero-order valence-electron chi connectivity index (χ0n) is 14.8. The number of benzene rings is 1. The molecule has 6 nitrogen and oxygen atoms in total. The normalized spacial score (nSPS) is 14.8. The third kappa shape index (κ3) is 5.94. The summed E-state index contributed by atoms with van der Waals surface area (Å²) in [6.45, 7) is 1.79. The second-order valence-electron chi connectivity index (χ2n) is 6.25. The van der Waals surface area contributed by atoms with E-state index in [-0.39, 0.29) is 18.0 Å². The number of urea groups is 1. The number of carbonyl (C=O) groups is 2. The fourth-order valence-electron chi connectivity index (χ4n) is 2.88. The zero-order valence-corrected chi connectivity index (χ0v) is 16.4. The van der Waals surface area contributed by atoms with Gasteiger partial charge in [0.25, 0.3) is 5.91 Å². The van der Waals surface area contributed by atoms with E-state index in [0.717, 1.165) is 23.5 Å². The lowest BCUT2D eigenvalue weighted by Crippen LogP contribution is -2.49. The Hall–Kier alpha value is -2.12. The number of likely N-dealkylation sites (tertiary alicyclic amines) is 1. The van der Waals surface area contributed by atoms with Crippen molar-refractivity contribution < 1.29 is 14.0 Å². The lowest BCUT2D eigenvalue weighted by molar-refractivity contribution is 0.0676. The minimum atomic E-state index is -0.164. The molecule has 1 aliphatic rings. The molecular weight excluding hydrogens is 386 g/mol. The second-order valence-corrected chi connectivity index (χ2v) is 7.85. The fourth-order valence-corrected chi connectivity index (χ4v) is 3.78. The maximum absolute atomic E-state index is 12.2. The number of hydrogen-bond donors (Lipinski definition) is 2. The zero-order chi connectivity index (χ0) is 19.1. The summed E-state index contributed by atoms with van der Waals surface area (Å²) in [5.41, 5.74) is 0. The number of amides is 3. The Bertz CT molecular complexity index is 744. The average Bonchev–Trinajstić information content (AvgIpc) is 3.21. The first-order chi connectivity index (χ1) is 13.1. The number of rotatable bonds is 6. The topological polar surface area (TPSA) is 74.6 Å². The van der Waals surface area contributed by atoms with Crippen LogP contribution in [-0.4, -0.2) is 48.3 Å². The summed E-state index contributed by atoms with van der Waals surface area (Å²) >= 11 is 7.52. The summed E-state index contributed by atoms with van der Waals surface area (Å²) in [6, 6.07) is 10.9. The summed E-state index contributed by atoms with van der Waals surface area (Å²) in [5, 5.41) is 6.57. The number of piperidine rings is 1. The van der Waals surface area contributed by atoms with E-state index >= 15 is 0 Å². The Kier molecular flexibility index (Phi) is 7.06. The van der Waals surface area contributed by atoms with Crippen LogP contribution in [0.4, 0.5) is 4.79 Å². The van der Waals surface area contributed by atoms with Crippen LogP contribution in [0.3, 0.4) is 0 Å². The van der Waals surface area contributed by atoms with Crippen molar-refractivity contribution in [2.24, 2.45) is 0 Å². The van der Waals surface area contributed by atoms with E-state index in [0.29, 0.717) is 30.4 Å². The van der Waals surface area contributed by atoms with Crippen LogP contribution in [0.15, 0.2) is 52.0 Å². The fraction of sp³-hybridized carbons (Fsp3) is 0.368. The van der Waals surface area contributed by atoms with Crippen LogP contribution in [0.2, 0.25) is 5.02 Å². The predicted octanol–water partition coefficient (Wildman–Crippen LogP) is 3.63. The minimum absolute atomic E-state index is 0.0783. The first-order valence-corrected chi connectivity index (χ1v) is 10.2. The van der Waals surface area contributed by atoms with E-state index in [1.807, 2.05) is 24.3 Å². The molecule has 2 heterocycles. The van der Waals surface area contributed by atoms with Gasteiger partial charge in [-0.2, -0.15) is 0 Å². The number of furan rings is 1. The molecule has 2 N–H and O–H groups in total. The van der Waals surface area contributed by atoms with Crippen LogP contribution < -0.4 is 10.6 Å². The van der Waals surface area contributed by atoms with Gasteiger partial charge >= 0.3 is 6.03 Å². The van der Waals surface area contributed by atoms with E-state index in [1.54, 1.807) is 28.8 Å². The molecule has 1 aromatic carbocycles. The maximum Gasteiger partial charge on any atom is 0.315 e. The molecule has 0 spiro atoms. The summed E-state index contributed by atoms with van der Waals surface area (Å²) in [7, 11) is 0. The molecule has 2 aromatic rings. The van der Waals surface area contributed by atoms with Crippen LogP contribution >= 0.6 is 23.4 Å². The van der Waals surface area contributed by atoms with Gasteiger partial charge in [-0.05, 0) is 49.2 Å². The Labute approximate surface area is 167 Å². The van der Waals surface area contributed by atoms with E-state index in [4.69, 9.17) is 16.0 Å². The Balaban J connectivity index is 1.31. The molecule has 0 atom stereocenters. The molecule has 0 saturated carbocycles. The van der Waals surface area contributed by atoms with E-state index < -0.39 is 0 Å². The molecular formula is C19H22ClN3O3S. The molecule has 0 radical (unpaired) electrons. The van der Waals surface area contributed by atoms with Crippen LogP contribution in [0, 0.1) is 0 Å². The highest BCUT2D eigenvalue weighted by Crippen LogP contribution is 2.19. The molecule has 1 fully saturated rings. The van der Waals surface area contributed by atoms with Crippen LogP contribution in [0.5, 0.6) is 0 Å². The van der Waals surface area contributed by atoms with Gasteiger partial charge in [0.1, 0.15) is 0 Å². The third-order valence-electron chi connectivity index (χ3n) is 4.32. The highest BCUT2D eigenvalue weighted by molar-refractivity contribution is 7.99. The van der Waals surface area contributed by atoms with Crippen LogP contribution in [0.25, 0.3) is 0 Å². The molecule has 0 bridgehead atoms. The monoisotopic (exact) mass is 407 g/mol. The predicted molar refractivity (Wildman–Crippen MR) is 106 cm³/mol. The number of thioether (sulfide) groups is 1. The van der Waals surface area contributed by atoms with Gasteiger partial charge in [0.2, 0.25) is 0 Å². The summed E-state index contributed by atoms with van der Waals surface area (Å²) < 4.78 is 5.15. The van der Waals surface area contributed by atoms with Gasteiger partial charge < -0.3 is 20.0 Å². The lowest BCUT2D eigenvalue weighted by atomic mass is 10.1. The van der Waals surface area contributed by atoms with Gasteiger partial charge in [-0.3, -0.25) is 4.79 Å². The smallest absolute Gasteiger partial charge is 0.315 e. The standard InChI is InChI=1S/C19H22ClN3O3S/c20-14-3-5-16(6-4-14)27-13-9-21-19(25)22-15-7-10-23(11-8-15)18(24)17-2-1-12-26-17/h1-6,12,15H,7-11,13H2,(H2,21,22,25). The maximum atomic E-state index is 12.2. The second kappa shape index (κ2) is 9.71. The molecule has 1 aromatic heterocycles. The molecule has 8 heteroatoms. The van der Waals surface area contributed by atoms with E-state index in [2.05, 4.69) is 10.6 Å². The largest absolute Gasteiger partial charge is 0.459 e. The number of hydrogen-bond acceptors (Lipinski definition) is 4. The number of nitrogens with zero attached hydrogens (tertiary/aromatic N) is 1. The van der Waals surface area contributed by atoms with Crippen molar-refractivity contribution in [1.29, 1.82) is 0 Å². The quantitative estimate of drug-likeness (QED) is 0.566. The number of carbonyl (C=O) groups excluding carboxylic acids is 2. The highest BCUT2D eigenvalue weighted by Gasteiger charge is 2.25. The van der Waals surface area contributed by atoms with Crippen LogP contribution in [-0.2, 0) is 0 Å². The van der Waals surface area contributed by atoms with Crippen molar-refractivity contribution in [2.45, 2.75) is 23.8 Å². The molecule has 0 unspecified atom stereocenters. The average molecular weight is 408 g/mol. The van der Waals surface area contributed by atoms with Crippen molar-refractivity contribution in [1.82, 2.24) is 15.5 Å². The van der Waals surface area contributed by atoms with Crippen molar-refractivity contribution >= 4 is 35.3 Å². The van der Waals surface area contributed by atoms with Crippen LogP contribution in [0.1, 0.15) is 23.4 Å². The van der Waals surface area contributed by atoms with Gasteiger partial charge in [0.05, 0.1) is 6.26 Å². The Morgan fingerprint density at radius 2 is 1.93 bits per heavy atom. The van der Waals surface area contributed by atoms with Gasteiger partial charge in [-0.1, -0.05) is 11.6 Å². The van der Waals surface area contributed by atoms with Crippen molar-refractivity contribution in [2.75, 3.05) is 25.4 Å². The van der Waals surface area contributed by atoms with Gasteiger partial charge in [-0.15, -0.1) is 11.8 Å². The molecule has 3 rings (SSSR count). The van der Waals surface area contributed by atoms with Crippen molar-refractivity contribution in [3.8, 4) is 0 Å². The molecule has 1 saturated heterocycles. The minimum Gasteiger partial charge on any atom is -0.459 e. The summed E-state index contributed by atoms with van der Waals surface area (Å²) in [6.07, 6.45) is 2.97. The van der Waals surface area contributed by atoms with Gasteiger partial charge in [0, 0.05) is 41.3 Å². The van der Waals surface area contributed by atoms with E-state index in [1.165, 1.54) is 6.26 Å². The first kappa shape index (κ1) is 19.6.